The average molecular weight is 546 g/mol. The van der Waals surface area contributed by atoms with E-state index in [4.69, 9.17) is 27.8 Å². The van der Waals surface area contributed by atoms with Gasteiger partial charge in [0.15, 0.2) is 0 Å². The quantitative estimate of drug-likeness (QED) is 0.0935. The van der Waals surface area contributed by atoms with E-state index in [1.165, 1.54) is 16.7 Å². The number of likely N-dealkylation sites (N-methyl/N-ethyl adjacent to an activating group) is 1. The van der Waals surface area contributed by atoms with Crippen LogP contribution in [-0.2, 0) is 4.74 Å². The van der Waals surface area contributed by atoms with Gasteiger partial charge >= 0.3 is 0 Å². The number of nitrogens with zero attached hydrogens (tertiary/aromatic N) is 1. The molecule has 6 nitrogen and oxygen atoms in total. The predicted molar refractivity (Wildman–Crippen MR) is 168 cm³/mol. The summed E-state index contributed by atoms with van der Waals surface area (Å²) in [5.41, 5.74) is 15.1. The highest BCUT2D eigenvalue weighted by molar-refractivity contribution is 6.30. The summed E-state index contributed by atoms with van der Waals surface area (Å²) in [5.74, 6) is 3.01. The summed E-state index contributed by atoms with van der Waals surface area (Å²) in [4.78, 5) is 1.94. The number of benzene rings is 1. The fourth-order valence-corrected chi connectivity index (χ4v) is 3.04. The summed E-state index contributed by atoms with van der Waals surface area (Å²) in [6.45, 7) is 13.5. The molecule has 0 aromatic heterocycles. The first-order valence-electron chi connectivity index (χ1n) is 13.2. The molecule has 1 aliphatic rings. The number of rotatable bonds is 11. The minimum absolute atomic E-state index is 0.0694. The first kappa shape index (κ1) is 37.5. The highest BCUT2D eigenvalue weighted by atomic mass is 35.5. The maximum Gasteiger partial charge on any atom is 0.135 e. The van der Waals surface area contributed by atoms with E-state index in [0.717, 1.165) is 49.7 Å². The predicted octanol–water partition coefficient (Wildman–Crippen LogP) is 5.71. The molecule has 0 radical (unpaired) electrons. The molecule has 0 spiro atoms. The Morgan fingerprint density at radius 1 is 1.29 bits per heavy atom. The molecule has 1 aliphatic heterocycles. The lowest BCUT2D eigenvalue weighted by molar-refractivity contribution is 0.218. The Labute approximate surface area is 238 Å². The van der Waals surface area contributed by atoms with Crippen molar-refractivity contribution in [1.82, 2.24) is 15.5 Å². The van der Waals surface area contributed by atoms with Crippen molar-refractivity contribution in [3.05, 3.63) is 82.4 Å². The van der Waals surface area contributed by atoms with Crippen molar-refractivity contribution < 1.29 is 4.74 Å². The number of hydrogen-bond donors (Lipinski definition) is 4. The standard InChI is InChI=1S/C15H27N3O.C7H7Cl.C6H14N2.C3H4/c1-3-6-13-11-18-12-14(13)9-15(10-16)19-8-5-7-17-4-2;1-6-2-4-7(8)5-3-6;1-4-5-6(7)8(2)3;1-3-2/h9-11,17-18H,3-8,12,16H2,1-2H3;2-5H,1H3;4-6H,7H2,1-3H3;1H,2H3/b14-9+,15-10+;;5-4-;. The summed E-state index contributed by atoms with van der Waals surface area (Å²) in [6, 6.07) is 7.75. The van der Waals surface area contributed by atoms with Crippen LogP contribution in [0, 0.1) is 19.3 Å². The second-order valence-corrected chi connectivity index (χ2v) is 9.10. The topological polar surface area (TPSA) is 88.6 Å². The third kappa shape index (κ3) is 21.4. The molecule has 2 rings (SSSR count). The number of aryl methyl sites for hydroxylation is 1. The maximum absolute atomic E-state index is 5.69. The van der Waals surface area contributed by atoms with Gasteiger partial charge in [-0.25, -0.2) is 0 Å². The molecule has 0 saturated carbocycles. The molecule has 1 aromatic carbocycles. The van der Waals surface area contributed by atoms with Crippen LogP contribution in [0.1, 0.15) is 52.5 Å². The Kier molecular flexibility index (Phi) is 25.6. The van der Waals surface area contributed by atoms with Crippen molar-refractivity contribution in [3.8, 4) is 12.3 Å². The van der Waals surface area contributed by atoms with E-state index in [1.54, 1.807) is 13.1 Å². The average Bonchev–Trinajstić information content (AvgIpc) is 3.33. The summed E-state index contributed by atoms with van der Waals surface area (Å²) in [5, 5.41) is 7.33. The third-order valence-corrected chi connectivity index (χ3v) is 5.25. The van der Waals surface area contributed by atoms with E-state index in [9.17, 15) is 0 Å². The van der Waals surface area contributed by atoms with Crippen LogP contribution < -0.4 is 22.1 Å². The molecule has 1 heterocycles. The summed E-state index contributed by atoms with van der Waals surface area (Å²) < 4.78 is 5.69. The molecule has 0 saturated heterocycles. The molecule has 7 heteroatoms. The lowest BCUT2D eigenvalue weighted by atomic mass is 10.0. The van der Waals surface area contributed by atoms with Gasteiger partial charge in [0.2, 0.25) is 0 Å². The SMILES string of the molecule is C#CC.C/C=C\C(N)N(C)C.CCCC1=CNC/C1=C\C(=C/N)OCCCNCC.Cc1ccc(Cl)cc1. The minimum atomic E-state index is 0.0694. The number of nitrogens with one attached hydrogen (secondary N) is 2. The van der Waals surface area contributed by atoms with E-state index in [-0.39, 0.29) is 6.17 Å². The van der Waals surface area contributed by atoms with Crippen LogP contribution in [0.3, 0.4) is 0 Å². The van der Waals surface area contributed by atoms with Gasteiger partial charge in [0.05, 0.1) is 12.8 Å². The van der Waals surface area contributed by atoms with Crippen LogP contribution in [0.5, 0.6) is 0 Å². The highest BCUT2D eigenvalue weighted by Crippen LogP contribution is 2.21. The van der Waals surface area contributed by atoms with Gasteiger partial charge in [0.25, 0.3) is 0 Å². The Bertz CT molecular complexity index is 846. The monoisotopic (exact) mass is 545 g/mol. The van der Waals surface area contributed by atoms with Crippen molar-refractivity contribution in [2.75, 3.05) is 40.3 Å². The molecule has 1 atom stereocenters. The summed E-state index contributed by atoms with van der Waals surface area (Å²) in [6.07, 6.45) is 17.5. The summed E-state index contributed by atoms with van der Waals surface area (Å²) in [7, 11) is 3.90. The molecule has 0 amide bonds. The third-order valence-electron chi connectivity index (χ3n) is 4.99. The Morgan fingerprint density at radius 2 is 1.92 bits per heavy atom. The zero-order valence-corrected chi connectivity index (χ0v) is 25.4. The molecule has 0 aliphatic carbocycles. The van der Waals surface area contributed by atoms with E-state index < -0.39 is 0 Å². The van der Waals surface area contributed by atoms with Gasteiger partial charge in [0, 0.05) is 24.0 Å². The second-order valence-electron chi connectivity index (χ2n) is 8.66. The van der Waals surface area contributed by atoms with Gasteiger partial charge in [-0.1, -0.05) is 61.7 Å². The number of ether oxygens (including phenoxy) is 1. The Hall–Kier alpha value is -2.69. The summed E-state index contributed by atoms with van der Waals surface area (Å²) >= 11 is 5.61. The second kappa shape index (κ2) is 25.9. The fourth-order valence-electron chi connectivity index (χ4n) is 2.91. The zero-order chi connectivity index (χ0) is 29.2. The van der Waals surface area contributed by atoms with Gasteiger partial charge in [0.1, 0.15) is 5.76 Å². The van der Waals surface area contributed by atoms with Gasteiger partial charge in [-0.3, -0.25) is 4.90 Å². The van der Waals surface area contributed by atoms with Gasteiger partial charge in [-0.15, -0.1) is 12.3 Å². The van der Waals surface area contributed by atoms with Crippen molar-refractivity contribution in [2.45, 2.75) is 60.0 Å². The minimum Gasteiger partial charge on any atom is -0.492 e. The first-order chi connectivity index (χ1) is 18.2. The van der Waals surface area contributed by atoms with E-state index in [0.29, 0.717) is 6.61 Å². The maximum atomic E-state index is 5.69. The van der Waals surface area contributed by atoms with Crippen LogP contribution >= 0.6 is 11.6 Å². The molecule has 1 unspecified atom stereocenters. The van der Waals surface area contributed by atoms with Crippen molar-refractivity contribution in [1.29, 1.82) is 0 Å². The smallest absolute Gasteiger partial charge is 0.135 e. The molecule has 1 aromatic rings. The Morgan fingerprint density at radius 3 is 2.37 bits per heavy atom. The molecule has 38 heavy (non-hydrogen) atoms. The molecule has 6 N–H and O–H groups in total. The number of hydrogen-bond acceptors (Lipinski definition) is 6. The van der Waals surface area contributed by atoms with Gasteiger partial charge < -0.3 is 26.8 Å². The molecule has 214 valence electrons. The van der Waals surface area contributed by atoms with Gasteiger partial charge in [-0.2, -0.15) is 0 Å². The molecule has 0 fully saturated rings. The van der Waals surface area contributed by atoms with Gasteiger partial charge in [-0.05, 0) is 90.2 Å². The highest BCUT2D eigenvalue weighted by Gasteiger charge is 2.11. The van der Waals surface area contributed by atoms with Crippen molar-refractivity contribution in [2.24, 2.45) is 11.5 Å². The fraction of sp³-hybridized carbons (Fsp3) is 0.484. The van der Waals surface area contributed by atoms with Crippen LogP contribution in [0.4, 0.5) is 0 Å². The van der Waals surface area contributed by atoms with E-state index in [2.05, 4.69) is 49.1 Å². The number of terminal acetylenes is 1. The number of halogens is 1. The van der Waals surface area contributed by atoms with Crippen LogP contribution in [0.25, 0.3) is 0 Å². The largest absolute Gasteiger partial charge is 0.492 e. The lowest BCUT2D eigenvalue weighted by Gasteiger charge is -2.14. The van der Waals surface area contributed by atoms with E-state index in [1.807, 2.05) is 69.3 Å². The van der Waals surface area contributed by atoms with Crippen molar-refractivity contribution in [3.63, 3.8) is 0 Å². The van der Waals surface area contributed by atoms with Crippen LogP contribution in [-0.4, -0.2) is 51.4 Å². The first-order valence-corrected chi connectivity index (χ1v) is 13.6. The van der Waals surface area contributed by atoms with Crippen molar-refractivity contribution >= 4 is 11.6 Å². The number of allylic oxidation sites excluding steroid dienone is 2. The number of nitrogens with two attached hydrogens (primary N) is 2. The van der Waals surface area contributed by atoms with Crippen LogP contribution in [0.15, 0.2) is 71.8 Å². The Balaban J connectivity index is 0. The molecular formula is C31H52ClN5O. The van der Waals surface area contributed by atoms with Crippen LogP contribution in [0.2, 0.25) is 5.02 Å². The normalized spacial score (nSPS) is 14.2. The van der Waals surface area contributed by atoms with E-state index >= 15 is 0 Å². The zero-order valence-electron chi connectivity index (χ0n) is 24.7. The molecule has 0 bridgehead atoms. The molecular weight excluding hydrogens is 494 g/mol. The lowest BCUT2D eigenvalue weighted by Crippen LogP contribution is -2.33.